The third kappa shape index (κ3) is 5.11. The molecule has 1 aromatic rings. The Labute approximate surface area is 151 Å². The number of amides is 1. The maximum Gasteiger partial charge on any atom is 0.416 e. The Kier molecular flexibility index (Phi) is 6.03. The SMILES string of the molecule is O=C(CN1CCN(c2cccc(C(F)(F)F)c2)CC1)NCC1CCCO1. The second-order valence-corrected chi connectivity index (χ2v) is 6.75. The zero-order valence-corrected chi connectivity index (χ0v) is 14.6. The molecule has 2 aliphatic heterocycles. The van der Waals surface area contributed by atoms with Gasteiger partial charge in [-0.15, -0.1) is 0 Å². The van der Waals surface area contributed by atoms with Crippen LogP contribution in [0.2, 0.25) is 0 Å². The number of alkyl halides is 3. The number of carbonyl (C=O) groups is 1. The molecule has 0 saturated carbocycles. The quantitative estimate of drug-likeness (QED) is 0.861. The van der Waals surface area contributed by atoms with Gasteiger partial charge in [-0.2, -0.15) is 13.2 Å². The molecule has 1 N–H and O–H groups in total. The summed E-state index contributed by atoms with van der Waals surface area (Å²) in [5.74, 6) is -0.0342. The standard InChI is InChI=1S/C18H24F3N3O2/c19-18(20,21)14-3-1-4-15(11-14)24-8-6-23(7-9-24)13-17(25)22-12-16-5-2-10-26-16/h1,3-4,11,16H,2,5-10,12-13H2,(H,22,25). The lowest BCUT2D eigenvalue weighted by molar-refractivity contribution is -0.137. The van der Waals surface area contributed by atoms with E-state index in [0.717, 1.165) is 25.5 Å². The van der Waals surface area contributed by atoms with E-state index < -0.39 is 11.7 Å². The fourth-order valence-electron chi connectivity index (χ4n) is 3.34. The fraction of sp³-hybridized carbons (Fsp3) is 0.611. The highest BCUT2D eigenvalue weighted by atomic mass is 19.4. The summed E-state index contributed by atoms with van der Waals surface area (Å²) in [5, 5.41) is 2.89. The zero-order chi connectivity index (χ0) is 18.6. The molecule has 0 aromatic heterocycles. The number of anilines is 1. The molecule has 5 nitrogen and oxygen atoms in total. The lowest BCUT2D eigenvalue weighted by atomic mass is 10.1. The van der Waals surface area contributed by atoms with Gasteiger partial charge in [-0.3, -0.25) is 9.69 Å². The minimum absolute atomic E-state index is 0.0342. The van der Waals surface area contributed by atoms with E-state index >= 15 is 0 Å². The van der Waals surface area contributed by atoms with Gasteiger partial charge in [-0.1, -0.05) is 6.07 Å². The van der Waals surface area contributed by atoms with Crippen LogP contribution in [0.25, 0.3) is 0 Å². The van der Waals surface area contributed by atoms with E-state index in [0.29, 0.717) is 45.0 Å². The molecular weight excluding hydrogens is 347 g/mol. The first-order chi connectivity index (χ1) is 12.4. The Morgan fingerprint density at radius 3 is 2.65 bits per heavy atom. The normalized spacial score (nSPS) is 21.8. The number of nitrogens with zero attached hydrogens (tertiary/aromatic N) is 2. The summed E-state index contributed by atoms with van der Waals surface area (Å²) in [6, 6.07) is 5.39. The maximum atomic E-state index is 12.8. The van der Waals surface area contributed by atoms with Crippen LogP contribution in [0.5, 0.6) is 0 Å². The molecule has 2 saturated heterocycles. The molecule has 1 aromatic carbocycles. The Bertz CT molecular complexity index is 610. The van der Waals surface area contributed by atoms with Crippen molar-refractivity contribution in [3.8, 4) is 0 Å². The van der Waals surface area contributed by atoms with Crippen molar-refractivity contribution in [1.82, 2.24) is 10.2 Å². The summed E-state index contributed by atoms with van der Waals surface area (Å²) in [4.78, 5) is 16.0. The van der Waals surface area contributed by atoms with E-state index in [2.05, 4.69) is 5.32 Å². The average Bonchev–Trinajstić information content (AvgIpc) is 3.14. The number of rotatable bonds is 5. The molecule has 1 atom stereocenters. The summed E-state index contributed by atoms with van der Waals surface area (Å²) in [7, 11) is 0. The van der Waals surface area contributed by atoms with Crippen molar-refractivity contribution in [3.05, 3.63) is 29.8 Å². The number of nitrogens with one attached hydrogen (secondary N) is 1. The third-order valence-electron chi connectivity index (χ3n) is 4.83. The van der Waals surface area contributed by atoms with Gasteiger partial charge in [0.15, 0.2) is 0 Å². The van der Waals surface area contributed by atoms with E-state index in [-0.39, 0.29) is 12.0 Å². The van der Waals surface area contributed by atoms with E-state index in [4.69, 9.17) is 4.74 Å². The van der Waals surface area contributed by atoms with Crippen molar-refractivity contribution in [2.75, 3.05) is 50.8 Å². The van der Waals surface area contributed by atoms with Gasteiger partial charge in [-0.05, 0) is 31.0 Å². The number of carbonyl (C=O) groups excluding carboxylic acids is 1. The van der Waals surface area contributed by atoms with Crippen molar-refractivity contribution in [1.29, 1.82) is 0 Å². The highest BCUT2D eigenvalue weighted by Crippen LogP contribution is 2.31. The van der Waals surface area contributed by atoms with Crippen molar-refractivity contribution < 1.29 is 22.7 Å². The number of hydrogen-bond acceptors (Lipinski definition) is 4. The van der Waals surface area contributed by atoms with Crippen LogP contribution in [-0.2, 0) is 15.7 Å². The van der Waals surface area contributed by atoms with E-state index in [1.54, 1.807) is 6.07 Å². The van der Waals surface area contributed by atoms with Crippen molar-refractivity contribution in [2.24, 2.45) is 0 Å². The third-order valence-corrected chi connectivity index (χ3v) is 4.83. The van der Waals surface area contributed by atoms with Crippen molar-refractivity contribution >= 4 is 11.6 Å². The molecule has 3 rings (SSSR count). The smallest absolute Gasteiger partial charge is 0.376 e. The van der Waals surface area contributed by atoms with E-state index in [9.17, 15) is 18.0 Å². The van der Waals surface area contributed by atoms with E-state index in [1.165, 1.54) is 12.1 Å². The first-order valence-corrected chi connectivity index (χ1v) is 8.95. The molecule has 8 heteroatoms. The largest absolute Gasteiger partial charge is 0.416 e. The highest BCUT2D eigenvalue weighted by molar-refractivity contribution is 5.78. The number of ether oxygens (including phenoxy) is 1. The summed E-state index contributed by atoms with van der Waals surface area (Å²) < 4.78 is 44.0. The fourth-order valence-corrected chi connectivity index (χ4v) is 3.34. The van der Waals surface area contributed by atoms with Crippen LogP contribution in [0.1, 0.15) is 18.4 Å². The Balaban J connectivity index is 1.44. The minimum atomic E-state index is -4.33. The monoisotopic (exact) mass is 371 g/mol. The average molecular weight is 371 g/mol. The predicted octanol–water partition coefficient (Wildman–Crippen LogP) is 2.12. The molecule has 144 valence electrons. The van der Waals surface area contributed by atoms with Gasteiger partial charge >= 0.3 is 6.18 Å². The Morgan fingerprint density at radius 2 is 2.00 bits per heavy atom. The van der Waals surface area contributed by atoms with Crippen LogP contribution in [0, 0.1) is 0 Å². The molecule has 0 radical (unpaired) electrons. The lowest BCUT2D eigenvalue weighted by Gasteiger charge is -2.36. The van der Waals surface area contributed by atoms with Crippen LogP contribution in [-0.4, -0.2) is 62.8 Å². The number of halogens is 3. The van der Waals surface area contributed by atoms with Crippen LogP contribution < -0.4 is 10.2 Å². The highest BCUT2D eigenvalue weighted by Gasteiger charge is 2.31. The molecule has 2 fully saturated rings. The van der Waals surface area contributed by atoms with Crippen LogP contribution in [0.3, 0.4) is 0 Å². The topological polar surface area (TPSA) is 44.8 Å². The summed E-state index contributed by atoms with van der Waals surface area (Å²) >= 11 is 0. The number of hydrogen-bond donors (Lipinski definition) is 1. The lowest BCUT2D eigenvalue weighted by Crippen LogP contribution is -2.50. The molecule has 0 aliphatic carbocycles. The van der Waals surface area contributed by atoms with Gasteiger partial charge in [0.05, 0.1) is 18.2 Å². The summed E-state index contributed by atoms with van der Waals surface area (Å²) in [5.41, 5.74) is -0.0618. The van der Waals surface area contributed by atoms with Crippen LogP contribution in [0.15, 0.2) is 24.3 Å². The second-order valence-electron chi connectivity index (χ2n) is 6.75. The Morgan fingerprint density at radius 1 is 1.23 bits per heavy atom. The summed E-state index contributed by atoms with van der Waals surface area (Å²) in [6.45, 7) is 4.10. The Hall–Kier alpha value is -1.80. The molecule has 0 bridgehead atoms. The first-order valence-electron chi connectivity index (χ1n) is 8.95. The van der Waals surface area contributed by atoms with Gasteiger partial charge in [-0.25, -0.2) is 0 Å². The van der Waals surface area contributed by atoms with Crippen LogP contribution in [0.4, 0.5) is 18.9 Å². The van der Waals surface area contributed by atoms with Gasteiger partial charge in [0.1, 0.15) is 0 Å². The molecule has 2 heterocycles. The molecular formula is C18H24F3N3O2. The second kappa shape index (κ2) is 8.26. The zero-order valence-electron chi connectivity index (χ0n) is 14.6. The van der Waals surface area contributed by atoms with Crippen molar-refractivity contribution in [2.45, 2.75) is 25.1 Å². The van der Waals surface area contributed by atoms with Gasteiger partial charge in [0, 0.05) is 45.0 Å². The van der Waals surface area contributed by atoms with Gasteiger partial charge in [0.25, 0.3) is 0 Å². The van der Waals surface area contributed by atoms with Gasteiger partial charge in [0.2, 0.25) is 5.91 Å². The van der Waals surface area contributed by atoms with Gasteiger partial charge < -0.3 is 15.0 Å². The first kappa shape index (κ1) is 19.0. The molecule has 2 aliphatic rings. The minimum Gasteiger partial charge on any atom is -0.376 e. The van der Waals surface area contributed by atoms with Crippen molar-refractivity contribution in [3.63, 3.8) is 0 Å². The number of piperazine rings is 1. The molecule has 1 amide bonds. The van der Waals surface area contributed by atoms with E-state index in [1.807, 2.05) is 9.80 Å². The number of benzene rings is 1. The molecule has 1 unspecified atom stereocenters. The molecule has 0 spiro atoms. The van der Waals surface area contributed by atoms with Crippen LogP contribution >= 0.6 is 0 Å². The summed E-state index contributed by atoms with van der Waals surface area (Å²) in [6.07, 6.45) is -2.19. The molecule has 26 heavy (non-hydrogen) atoms. The predicted molar refractivity (Wildman–Crippen MR) is 92.1 cm³/mol. The maximum absolute atomic E-state index is 12.8.